The molecule has 0 aliphatic heterocycles. The number of aryl methyl sites for hydroxylation is 1. The highest BCUT2D eigenvalue weighted by Gasteiger charge is 2.16. The Morgan fingerprint density at radius 1 is 1.00 bits per heavy atom. The second kappa shape index (κ2) is 8.03. The molecule has 8 nitrogen and oxygen atoms in total. The Balaban J connectivity index is 1.46. The lowest BCUT2D eigenvalue weighted by Gasteiger charge is -2.08. The van der Waals surface area contributed by atoms with Gasteiger partial charge in [-0.15, -0.1) is 10.2 Å². The Hall–Kier alpha value is -3.59. The van der Waals surface area contributed by atoms with Gasteiger partial charge in [-0.05, 0) is 43.3 Å². The lowest BCUT2D eigenvalue weighted by Crippen LogP contribution is -2.17. The fourth-order valence-electron chi connectivity index (χ4n) is 3.00. The van der Waals surface area contributed by atoms with E-state index in [9.17, 15) is 13.2 Å². The normalized spacial score (nSPS) is 11.5. The molecular weight excluding hydrogens is 402 g/mol. The van der Waals surface area contributed by atoms with Crippen molar-refractivity contribution in [3.8, 4) is 11.3 Å². The molecule has 0 saturated carbocycles. The van der Waals surface area contributed by atoms with Crippen molar-refractivity contribution in [2.24, 2.45) is 0 Å². The van der Waals surface area contributed by atoms with Crippen LogP contribution in [0.25, 0.3) is 16.9 Å². The highest BCUT2D eigenvalue weighted by Crippen LogP contribution is 2.21. The van der Waals surface area contributed by atoms with Gasteiger partial charge in [0, 0.05) is 17.7 Å². The van der Waals surface area contributed by atoms with Crippen molar-refractivity contribution in [3.63, 3.8) is 0 Å². The van der Waals surface area contributed by atoms with Crippen molar-refractivity contribution < 1.29 is 13.2 Å². The van der Waals surface area contributed by atoms with Crippen molar-refractivity contribution in [1.29, 1.82) is 0 Å². The summed E-state index contributed by atoms with van der Waals surface area (Å²) < 4.78 is 26.3. The Morgan fingerprint density at radius 3 is 2.60 bits per heavy atom. The fraction of sp³-hybridized carbons (Fsp3) is 0.143. The van der Waals surface area contributed by atoms with Crippen LogP contribution < -0.4 is 5.32 Å². The summed E-state index contributed by atoms with van der Waals surface area (Å²) >= 11 is 0. The van der Waals surface area contributed by atoms with Gasteiger partial charge < -0.3 is 5.32 Å². The van der Waals surface area contributed by atoms with Gasteiger partial charge in [-0.1, -0.05) is 30.3 Å². The molecule has 9 heteroatoms. The number of fused-ring (bicyclic) bond motifs is 1. The molecule has 0 aliphatic rings. The zero-order valence-corrected chi connectivity index (χ0v) is 17.0. The molecule has 0 fully saturated rings. The number of hydrogen-bond donors (Lipinski definition) is 1. The summed E-state index contributed by atoms with van der Waals surface area (Å²) in [6.45, 7) is 1.82. The van der Waals surface area contributed by atoms with Crippen LogP contribution in [0.4, 0.5) is 5.69 Å². The maximum absolute atomic E-state index is 12.3. The maximum atomic E-state index is 12.3. The third-order valence-electron chi connectivity index (χ3n) is 4.56. The molecule has 2 heterocycles. The highest BCUT2D eigenvalue weighted by molar-refractivity contribution is 7.91. The molecule has 0 radical (unpaired) electrons. The van der Waals surface area contributed by atoms with Crippen LogP contribution in [-0.4, -0.2) is 39.9 Å². The zero-order chi connectivity index (χ0) is 21.1. The number of amides is 1. The molecule has 0 unspecified atom stereocenters. The molecule has 0 atom stereocenters. The second-order valence-electron chi connectivity index (χ2n) is 6.75. The summed E-state index contributed by atoms with van der Waals surface area (Å²) in [5.74, 6) is 0.0499. The summed E-state index contributed by atoms with van der Waals surface area (Å²) in [6.07, 6.45) is -0.133. The van der Waals surface area contributed by atoms with Crippen molar-refractivity contribution >= 4 is 27.1 Å². The third kappa shape index (κ3) is 4.20. The zero-order valence-electron chi connectivity index (χ0n) is 16.2. The van der Waals surface area contributed by atoms with Gasteiger partial charge in [0.1, 0.15) is 0 Å². The number of rotatable bonds is 6. The van der Waals surface area contributed by atoms with Crippen molar-refractivity contribution in [2.75, 3.05) is 11.1 Å². The van der Waals surface area contributed by atoms with Gasteiger partial charge in [-0.2, -0.15) is 9.61 Å². The third-order valence-corrected chi connectivity index (χ3v) is 6.29. The van der Waals surface area contributed by atoms with E-state index in [1.165, 1.54) is 12.1 Å². The Labute approximate surface area is 173 Å². The minimum atomic E-state index is -3.50. The van der Waals surface area contributed by atoms with Crippen LogP contribution in [0.2, 0.25) is 0 Å². The van der Waals surface area contributed by atoms with E-state index in [0.29, 0.717) is 22.9 Å². The van der Waals surface area contributed by atoms with Crippen molar-refractivity contribution in [3.05, 3.63) is 72.6 Å². The van der Waals surface area contributed by atoms with E-state index in [4.69, 9.17) is 0 Å². The summed E-state index contributed by atoms with van der Waals surface area (Å²) in [5.41, 5.74) is 2.73. The van der Waals surface area contributed by atoms with E-state index in [-0.39, 0.29) is 23.0 Å². The molecule has 4 rings (SSSR count). The maximum Gasteiger partial charge on any atom is 0.225 e. The van der Waals surface area contributed by atoms with E-state index in [1.54, 1.807) is 40.9 Å². The first-order chi connectivity index (χ1) is 14.4. The summed E-state index contributed by atoms with van der Waals surface area (Å²) in [4.78, 5) is 12.5. The number of nitrogens with one attached hydrogen (secondary N) is 1. The van der Waals surface area contributed by atoms with Gasteiger partial charge in [0.2, 0.25) is 5.91 Å². The van der Waals surface area contributed by atoms with E-state index >= 15 is 0 Å². The van der Waals surface area contributed by atoms with Crippen LogP contribution in [0.5, 0.6) is 0 Å². The minimum absolute atomic E-state index is 0.133. The van der Waals surface area contributed by atoms with Crippen LogP contribution in [-0.2, 0) is 14.6 Å². The molecule has 0 bridgehead atoms. The van der Waals surface area contributed by atoms with Gasteiger partial charge in [0.15, 0.2) is 21.3 Å². The predicted molar refractivity (Wildman–Crippen MR) is 113 cm³/mol. The summed E-state index contributed by atoms with van der Waals surface area (Å²) in [7, 11) is -3.50. The molecule has 152 valence electrons. The van der Waals surface area contributed by atoms with Crippen LogP contribution in [0.15, 0.2) is 71.6 Å². The quantitative estimate of drug-likeness (QED) is 0.513. The monoisotopic (exact) mass is 421 g/mol. The first-order valence-corrected chi connectivity index (χ1v) is 10.9. The average Bonchev–Trinajstić information content (AvgIpc) is 3.13. The van der Waals surface area contributed by atoms with Gasteiger partial charge in [-0.25, -0.2) is 8.42 Å². The van der Waals surface area contributed by atoms with Gasteiger partial charge >= 0.3 is 0 Å². The van der Waals surface area contributed by atoms with Crippen molar-refractivity contribution in [2.45, 2.75) is 18.2 Å². The number of carbonyl (C=O) groups excluding carboxylic acids is 1. The van der Waals surface area contributed by atoms with Gasteiger partial charge in [0.05, 0.1) is 16.3 Å². The SMILES string of the molecule is Cc1nnc2ccc(-c3cccc(NC(=O)CCS(=O)(=O)c4ccccc4)c3)nn12. The molecule has 1 amide bonds. The molecule has 1 N–H and O–H groups in total. The highest BCUT2D eigenvalue weighted by atomic mass is 32.2. The first-order valence-electron chi connectivity index (χ1n) is 9.29. The molecule has 0 spiro atoms. The smallest absolute Gasteiger partial charge is 0.225 e. The Bertz CT molecular complexity index is 1320. The number of hydrogen-bond acceptors (Lipinski definition) is 6. The number of benzene rings is 2. The minimum Gasteiger partial charge on any atom is -0.326 e. The topological polar surface area (TPSA) is 106 Å². The molecule has 30 heavy (non-hydrogen) atoms. The van der Waals surface area contributed by atoms with Crippen LogP contribution in [0.3, 0.4) is 0 Å². The lowest BCUT2D eigenvalue weighted by molar-refractivity contribution is -0.115. The molecule has 4 aromatic rings. The number of anilines is 1. The van der Waals surface area contributed by atoms with Gasteiger partial charge in [-0.3, -0.25) is 4.79 Å². The van der Waals surface area contributed by atoms with E-state index in [2.05, 4.69) is 20.6 Å². The number of nitrogens with zero attached hydrogens (tertiary/aromatic N) is 4. The van der Waals surface area contributed by atoms with Crippen molar-refractivity contribution in [1.82, 2.24) is 19.8 Å². The predicted octanol–water partition coefficient (Wildman–Crippen LogP) is 2.90. The molecule has 2 aromatic carbocycles. The largest absolute Gasteiger partial charge is 0.326 e. The number of aromatic nitrogens is 4. The van der Waals surface area contributed by atoms with E-state index in [0.717, 1.165) is 5.56 Å². The Morgan fingerprint density at radius 2 is 1.80 bits per heavy atom. The summed E-state index contributed by atoms with van der Waals surface area (Å²) in [6, 6.07) is 19.0. The second-order valence-corrected chi connectivity index (χ2v) is 8.86. The van der Waals surface area contributed by atoms with Crippen LogP contribution in [0, 0.1) is 6.92 Å². The lowest BCUT2D eigenvalue weighted by atomic mass is 10.1. The number of carbonyl (C=O) groups is 1. The molecule has 2 aromatic heterocycles. The van der Waals surface area contributed by atoms with Gasteiger partial charge in [0.25, 0.3) is 0 Å². The molecule has 0 aliphatic carbocycles. The standard InChI is InChI=1S/C21H19N5O3S/c1-15-23-24-20-11-10-19(25-26(15)20)16-6-5-7-17(14-16)22-21(27)12-13-30(28,29)18-8-3-2-4-9-18/h2-11,14H,12-13H2,1H3,(H,22,27). The van der Waals surface area contributed by atoms with E-state index in [1.807, 2.05) is 25.1 Å². The molecular formula is C21H19N5O3S. The van der Waals surface area contributed by atoms with Crippen LogP contribution >= 0.6 is 0 Å². The average molecular weight is 421 g/mol. The first kappa shape index (κ1) is 19.7. The fourth-order valence-corrected chi connectivity index (χ4v) is 4.26. The number of sulfone groups is 1. The van der Waals surface area contributed by atoms with E-state index < -0.39 is 9.84 Å². The Kier molecular flexibility index (Phi) is 5.28. The summed E-state index contributed by atoms with van der Waals surface area (Å²) in [5, 5.41) is 15.3. The molecule has 0 saturated heterocycles. The van der Waals surface area contributed by atoms with Crippen LogP contribution in [0.1, 0.15) is 12.2 Å².